The molecule has 1 aromatic carbocycles. The average molecular weight is 372 g/mol. The normalized spacial score (nSPS) is 10.9. The number of nitrogens with two attached hydrogens (primary N) is 1. The highest BCUT2D eigenvalue weighted by molar-refractivity contribution is 9.10. The third kappa shape index (κ3) is 4.80. The highest BCUT2D eigenvalue weighted by Crippen LogP contribution is 2.21. The monoisotopic (exact) mass is 371 g/mol. The molecular weight excluding hydrogens is 357 g/mol. The fourth-order valence-electron chi connectivity index (χ4n) is 1.83. The minimum atomic E-state index is -0.492. The van der Waals surface area contributed by atoms with Gasteiger partial charge in [-0.2, -0.15) is 0 Å². The van der Waals surface area contributed by atoms with Gasteiger partial charge >= 0.3 is 0 Å². The van der Waals surface area contributed by atoms with E-state index in [-0.39, 0.29) is 18.1 Å². The van der Waals surface area contributed by atoms with Gasteiger partial charge in [0.25, 0.3) is 0 Å². The Hall–Kier alpha value is -1.44. The summed E-state index contributed by atoms with van der Waals surface area (Å²) in [6, 6.07) is 6.15. The fraction of sp³-hybridized carbons (Fsp3) is 0.214. The number of benzene rings is 1. The Labute approximate surface area is 134 Å². The maximum absolute atomic E-state index is 13.0. The smallest absolute Gasteiger partial charge is 0.238 e. The van der Waals surface area contributed by atoms with Crippen molar-refractivity contribution in [3.05, 3.63) is 44.8 Å². The summed E-state index contributed by atoms with van der Waals surface area (Å²) in [6.45, 7) is 0.933. The Bertz CT molecular complexity index is 647. The Morgan fingerprint density at radius 2 is 2.24 bits per heavy atom. The zero-order chi connectivity index (χ0) is 15.4. The van der Waals surface area contributed by atoms with Crippen molar-refractivity contribution in [2.24, 2.45) is 0 Å². The number of nitrogens with zero attached hydrogens (tertiary/aromatic N) is 1. The zero-order valence-corrected chi connectivity index (χ0v) is 13.8. The molecule has 0 atom stereocenters. The van der Waals surface area contributed by atoms with E-state index >= 15 is 0 Å². The first-order chi connectivity index (χ1) is 9.94. The van der Waals surface area contributed by atoms with Crippen molar-refractivity contribution >= 4 is 44.5 Å². The van der Waals surface area contributed by atoms with E-state index in [0.29, 0.717) is 12.2 Å². The summed E-state index contributed by atoms with van der Waals surface area (Å²) in [7, 11) is 1.87. The Morgan fingerprint density at radius 1 is 1.48 bits per heavy atom. The molecule has 0 aliphatic carbocycles. The number of hydrogen-bond acceptors (Lipinski definition) is 4. The van der Waals surface area contributed by atoms with E-state index in [2.05, 4.69) is 21.2 Å². The number of halogens is 2. The summed E-state index contributed by atoms with van der Waals surface area (Å²) in [4.78, 5) is 15.0. The lowest BCUT2D eigenvalue weighted by atomic mass is 10.2. The van der Waals surface area contributed by atoms with Crippen molar-refractivity contribution in [3.63, 3.8) is 0 Å². The molecule has 0 spiro atoms. The number of nitrogens with one attached hydrogen (secondary N) is 1. The third-order valence-corrected chi connectivity index (χ3v) is 4.42. The molecule has 0 aliphatic rings. The lowest BCUT2D eigenvalue weighted by Gasteiger charge is -2.15. The summed E-state index contributed by atoms with van der Waals surface area (Å²) < 4.78 is 14.1. The average Bonchev–Trinajstić information content (AvgIpc) is 2.79. The number of carbonyl (C=O) groups excluding carboxylic acids is 1. The van der Waals surface area contributed by atoms with Crippen LogP contribution in [0.3, 0.4) is 0 Å². The number of rotatable bonds is 5. The molecule has 4 nitrogen and oxygen atoms in total. The molecule has 3 N–H and O–H groups in total. The summed E-state index contributed by atoms with van der Waals surface area (Å²) >= 11 is 5.03. The quantitative estimate of drug-likeness (QED) is 0.792. The Balaban J connectivity index is 1.87. The first-order valence-corrected chi connectivity index (χ1v) is 7.87. The van der Waals surface area contributed by atoms with E-state index in [1.807, 2.05) is 23.4 Å². The molecule has 1 amide bonds. The number of hydrogen-bond donors (Lipinski definition) is 2. The topological polar surface area (TPSA) is 58.4 Å². The van der Waals surface area contributed by atoms with Gasteiger partial charge in [0.15, 0.2) is 0 Å². The van der Waals surface area contributed by atoms with Gasteiger partial charge in [0.1, 0.15) is 5.82 Å². The summed E-state index contributed by atoms with van der Waals surface area (Å²) in [5.41, 5.74) is 5.97. The SMILES string of the molecule is CN(CC(=O)Nc1ccc(F)c(N)c1)Cc1cc(Br)cs1. The highest BCUT2D eigenvalue weighted by atomic mass is 79.9. The minimum Gasteiger partial charge on any atom is -0.396 e. The second kappa shape index (κ2) is 7.02. The van der Waals surface area contributed by atoms with Crippen LogP contribution in [0.25, 0.3) is 0 Å². The van der Waals surface area contributed by atoms with E-state index < -0.39 is 5.82 Å². The van der Waals surface area contributed by atoms with Crippen LogP contribution in [0.4, 0.5) is 15.8 Å². The first-order valence-electron chi connectivity index (χ1n) is 6.20. The molecule has 1 aromatic heterocycles. The largest absolute Gasteiger partial charge is 0.396 e. The van der Waals surface area contributed by atoms with Gasteiger partial charge in [-0.25, -0.2) is 4.39 Å². The third-order valence-electron chi connectivity index (χ3n) is 2.74. The van der Waals surface area contributed by atoms with Gasteiger partial charge in [0.2, 0.25) is 5.91 Å². The molecule has 0 saturated heterocycles. The second-order valence-electron chi connectivity index (χ2n) is 4.69. The van der Waals surface area contributed by atoms with Gasteiger partial charge in [0, 0.05) is 27.0 Å². The van der Waals surface area contributed by atoms with Crippen LogP contribution >= 0.6 is 27.3 Å². The van der Waals surface area contributed by atoms with E-state index in [1.54, 1.807) is 11.3 Å². The molecule has 0 unspecified atom stereocenters. The number of anilines is 2. The Morgan fingerprint density at radius 3 is 2.86 bits per heavy atom. The lowest BCUT2D eigenvalue weighted by Crippen LogP contribution is -2.29. The van der Waals surface area contributed by atoms with Crippen LogP contribution in [0.15, 0.2) is 34.1 Å². The van der Waals surface area contributed by atoms with Crippen molar-refractivity contribution < 1.29 is 9.18 Å². The molecule has 0 aliphatic heterocycles. The fourth-order valence-corrected chi connectivity index (χ4v) is 3.36. The summed E-state index contributed by atoms with van der Waals surface area (Å²) in [5, 5.41) is 4.70. The van der Waals surface area contributed by atoms with Crippen molar-refractivity contribution in [2.45, 2.75) is 6.54 Å². The zero-order valence-electron chi connectivity index (χ0n) is 11.4. The molecule has 2 aromatic rings. The summed E-state index contributed by atoms with van der Waals surface area (Å²) in [5.74, 6) is -0.660. The maximum atomic E-state index is 13.0. The van der Waals surface area contributed by atoms with Gasteiger partial charge in [-0.05, 0) is 47.2 Å². The number of nitrogen functional groups attached to an aromatic ring is 1. The molecule has 0 saturated carbocycles. The number of likely N-dealkylation sites (N-methyl/N-ethyl adjacent to an activating group) is 1. The van der Waals surface area contributed by atoms with Gasteiger partial charge < -0.3 is 11.1 Å². The predicted octanol–water partition coefficient (Wildman–Crippen LogP) is 3.30. The molecule has 0 bridgehead atoms. The molecule has 0 fully saturated rings. The van der Waals surface area contributed by atoms with E-state index in [1.165, 1.54) is 23.1 Å². The standard InChI is InChI=1S/C14H15BrFN3OS/c1-19(6-11-4-9(15)8-21-11)7-14(20)18-10-2-3-12(16)13(17)5-10/h2-5,8H,6-7,17H2,1H3,(H,18,20). The van der Waals surface area contributed by atoms with Gasteiger partial charge in [0.05, 0.1) is 12.2 Å². The van der Waals surface area contributed by atoms with Crippen LogP contribution in [0.2, 0.25) is 0 Å². The molecule has 1 heterocycles. The van der Waals surface area contributed by atoms with Gasteiger partial charge in [-0.15, -0.1) is 11.3 Å². The van der Waals surface area contributed by atoms with Crippen LogP contribution < -0.4 is 11.1 Å². The molecule has 21 heavy (non-hydrogen) atoms. The van der Waals surface area contributed by atoms with E-state index in [0.717, 1.165) is 4.47 Å². The molecule has 112 valence electrons. The van der Waals surface area contributed by atoms with Gasteiger partial charge in [-0.3, -0.25) is 9.69 Å². The first kappa shape index (κ1) is 15.9. The summed E-state index contributed by atoms with van der Waals surface area (Å²) in [6.07, 6.45) is 0. The number of carbonyl (C=O) groups is 1. The number of thiophene rings is 1. The van der Waals surface area contributed by atoms with Crippen molar-refractivity contribution in [3.8, 4) is 0 Å². The highest BCUT2D eigenvalue weighted by Gasteiger charge is 2.09. The van der Waals surface area contributed by atoms with Crippen LogP contribution in [0.5, 0.6) is 0 Å². The van der Waals surface area contributed by atoms with Crippen molar-refractivity contribution in [1.82, 2.24) is 4.90 Å². The van der Waals surface area contributed by atoms with Crippen molar-refractivity contribution in [2.75, 3.05) is 24.6 Å². The predicted molar refractivity (Wildman–Crippen MR) is 87.8 cm³/mol. The molecule has 2 rings (SSSR count). The van der Waals surface area contributed by atoms with Crippen LogP contribution in [-0.4, -0.2) is 24.4 Å². The maximum Gasteiger partial charge on any atom is 0.238 e. The minimum absolute atomic E-state index is 0.0181. The molecule has 7 heteroatoms. The van der Waals surface area contributed by atoms with E-state index in [4.69, 9.17) is 5.73 Å². The van der Waals surface area contributed by atoms with Gasteiger partial charge in [-0.1, -0.05) is 0 Å². The molecule has 0 radical (unpaired) electrons. The lowest BCUT2D eigenvalue weighted by molar-refractivity contribution is -0.117. The van der Waals surface area contributed by atoms with Crippen LogP contribution in [-0.2, 0) is 11.3 Å². The Kier molecular flexibility index (Phi) is 5.33. The molecular formula is C14H15BrFN3OS. The van der Waals surface area contributed by atoms with Crippen LogP contribution in [0, 0.1) is 5.82 Å². The van der Waals surface area contributed by atoms with Crippen molar-refractivity contribution in [1.29, 1.82) is 0 Å². The van der Waals surface area contributed by atoms with Crippen LogP contribution in [0.1, 0.15) is 4.88 Å². The van der Waals surface area contributed by atoms with E-state index in [9.17, 15) is 9.18 Å². The number of amides is 1. The second-order valence-corrected chi connectivity index (χ2v) is 6.60.